The van der Waals surface area contributed by atoms with E-state index in [-0.39, 0.29) is 23.7 Å². The Morgan fingerprint density at radius 2 is 2.19 bits per heavy atom. The van der Waals surface area contributed by atoms with E-state index in [4.69, 9.17) is 10.9 Å². The molecule has 0 radical (unpaired) electrons. The summed E-state index contributed by atoms with van der Waals surface area (Å²) >= 11 is 0. The number of carbonyl (C=O) groups is 1. The van der Waals surface area contributed by atoms with Gasteiger partial charge in [0.2, 0.25) is 5.91 Å². The molecule has 0 aliphatic heterocycles. The molecule has 1 aromatic rings. The number of hydrogen-bond acceptors (Lipinski definition) is 3. The molecule has 1 aliphatic rings. The lowest BCUT2D eigenvalue weighted by Gasteiger charge is -2.20. The summed E-state index contributed by atoms with van der Waals surface area (Å²) in [7, 11) is 0. The minimum Gasteiger partial charge on any atom is -0.409 e. The summed E-state index contributed by atoms with van der Waals surface area (Å²) in [6.07, 6.45) is 3.08. The number of rotatable bonds is 4. The maximum absolute atomic E-state index is 12.2. The van der Waals surface area contributed by atoms with Gasteiger partial charge >= 0.3 is 0 Å². The summed E-state index contributed by atoms with van der Waals surface area (Å²) in [5.74, 6) is 0.147. The van der Waals surface area contributed by atoms with Crippen LogP contribution in [0.5, 0.6) is 0 Å². The fraction of sp³-hybridized carbons (Fsp3) is 0.500. The fourth-order valence-electron chi connectivity index (χ4n) is 2.98. The Hall–Kier alpha value is -2.04. The Balaban J connectivity index is 2.00. The highest BCUT2D eigenvalue weighted by atomic mass is 16.4. The molecule has 21 heavy (non-hydrogen) atoms. The minimum absolute atomic E-state index is 0.00802. The first-order valence-electron chi connectivity index (χ1n) is 7.34. The lowest BCUT2D eigenvalue weighted by atomic mass is 10.0. The fourth-order valence-corrected chi connectivity index (χ4v) is 2.98. The van der Waals surface area contributed by atoms with Crippen LogP contribution in [0.3, 0.4) is 0 Å². The molecule has 1 aromatic carbocycles. The van der Waals surface area contributed by atoms with Gasteiger partial charge in [0.1, 0.15) is 5.84 Å². The monoisotopic (exact) mass is 289 g/mol. The van der Waals surface area contributed by atoms with Gasteiger partial charge in [-0.05, 0) is 37.8 Å². The van der Waals surface area contributed by atoms with E-state index in [1.165, 1.54) is 0 Å². The summed E-state index contributed by atoms with van der Waals surface area (Å²) < 4.78 is 0. The molecule has 5 nitrogen and oxygen atoms in total. The molecule has 0 heterocycles. The molecule has 0 bridgehead atoms. The molecule has 1 amide bonds. The average molecular weight is 289 g/mol. The molecule has 4 N–H and O–H groups in total. The maximum atomic E-state index is 12.2. The lowest BCUT2D eigenvalue weighted by molar-refractivity contribution is -0.121. The van der Waals surface area contributed by atoms with Crippen molar-refractivity contribution in [3.05, 3.63) is 34.9 Å². The summed E-state index contributed by atoms with van der Waals surface area (Å²) in [6.45, 7) is 4.03. The van der Waals surface area contributed by atoms with Gasteiger partial charge in [-0.1, -0.05) is 35.3 Å². The molecular formula is C16H23N3O2. The molecule has 114 valence electrons. The zero-order valence-electron chi connectivity index (χ0n) is 12.6. The van der Waals surface area contributed by atoms with Gasteiger partial charge in [0, 0.05) is 12.0 Å². The predicted molar refractivity (Wildman–Crippen MR) is 82.3 cm³/mol. The molecular weight excluding hydrogens is 266 g/mol. The highest BCUT2D eigenvalue weighted by molar-refractivity contribution is 5.85. The number of aryl methyl sites for hydroxylation is 2. The molecule has 0 saturated heterocycles. The van der Waals surface area contributed by atoms with Crippen LogP contribution in [0.4, 0.5) is 0 Å². The van der Waals surface area contributed by atoms with E-state index in [0.29, 0.717) is 6.42 Å². The third-order valence-electron chi connectivity index (χ3n) is 4.21. The van der Waals surface area contributed by atoms with Gasteiger partial charge in [0.05, 0.1) is 6.42 Å². The molecule has 0 spiro atoms. The second-order valence-corrected chi connectivity index (χ2v) is 5.84. The van der Waals surface area contributed by atoms with Gasteiger partial charge in [-0.25, -0.2) is 0 Å². The van der Waals surface area contributed by atoms with Gasteiger partial charge in [0.15, 0.2) is 0 Å². The second-order valence-electron chi connectivity index (χ2n) is 5.84. The molecule has 1 saturated carbocycles. The third kappa shape index (κ3) is 3.74. The van der Waals surface area contributed by atoms with Crippen molar-refractivity contribution in [2.45, 2.75) is 45.6 Å². The minimum atomic E-state index is -0.0578. The van der Waals surface area contributed by atoms with Crippen LogP contribution in [-0.2, 0) is 11.2 Å². The third-order valence-corrected chi connectivity index (χ3v) is 4.21. The van der Waals surface area contributed by atoms with Crippen LogP contribution in [0.25, 0.3) is 0 Å². The maximum Gasteiger partial charge on any atom is 0.224 e. The molecule has 1 aliphatic carbocycles. The number of hydrogen-bond donors (Lipinski definition) is 3. The second kappa shape index (κ2) is 6.61. The Labute approximate surface area is 125 Å². The molecule has 0 aromatic heterocycles. The predicted octanol–water partition coefficient (Wildman–Crippen LogP) is 1.88. The van der Waals surface area contributed by atoms with Crippen molar-refractivity contribution in [2.75, 3.05) is 0 Å². The van der Waals surface area contributed by atoms with E-state index < -0.39 is 0 Å². The highest BCUT2D eigenvalue weighted by Gasteiger charge is 2.31. The van der Waals surface area contributed by atoms with Crippen molar-refractivity contribution in [2.24, 2.45) is 16.8 Å². The van der Waals surface area contributed by atoms with E-state index in [1.807, 2.05) is 32.0 Å². The van der Waals surface area contributed by atoms with Gasteiger partial charge in [-0.2, -0.15) is 0 Å². The Morgan fingerprint density at radius 1 is 1.43 bits per heavy atom. The van der Waals surface area contributed by atoms with Crippen LogP contribution in [0.2, 0.25) is 0 Å². The Kier molecular flexibility index (Phi) is 4.83. The summed E-state index contributed by atoms with van der Waals surface area (Å²) in [6, 6.07) is 6.10. The van der Waals surface area contributed by atoms with Gasteiger partial charge in [-0.3, -0.25) is 4.79 Å². The first-order valence-corrected chi connectivity index (χ1v) is 7.34. The SMILES string of the molecule is Cc1ccc(C)c(CC(=O)NC2CCCC2C(N)=NO)c1. The number of amides is 1. The molecule has 1 fully saturated rings. The highest BCUT2D eigenvalue weighted by Crippen LogP contribution is 2.26. The number of nitrogens with two attached hydrogens (primary N) is 1. The van der Waals surface area contributed by atoms with Crippen molar-refractivity contribution < 1.29 is 10.0 Å². The normalized spacial score (nSPS) is 22.3. The van der Waals surface area contributed by atoms with Crippen molar-refractivity contribution in [1.29, 1.82) is 0 Å². The van der Waals surface area contributed by atoms with Gasteiger partial charge < -0.3 is 16.3 Å². The van der Waals surface area contributed by atoms with E-state index in [0.717, 1.165) is 36.0 Å². The van der Waals surface area contributed by atoms with E-state index in [1.54, 1.807) is 0 Å². The van der Waals surface area contributed by atoms with Crippen LogP contribution in [-0.4, -0.2) is 23.0 Å². The van der Waals surface area contributed by atoms with Crippen molar-refractivity contribution in [3.8, 4) is 0 Å². The number of benzene rings is 1. The smallest absolute Gasteiger partial charge is 0.224 e. The van der Waals surface area contributed by atoms with Crippen molar-refractivity contribution >= 4 is 11.7 Å². The van der Waals surface area contributed by atoms with E-state index in [9.17, 15) is 4.79 Å². The van der Waals surface area contributed by atoms with Gasteiger partial charge in [0.25, 0.3) is 0 Å². The van der Waals surface area contributed by atoms with Crippen LogP contribution < -0.4 is 11.1 Å². The zero-order valence-corrected chi connectivity index (χ0v) is 12.6. The summed E-state index contributed by atoms with van der Waals surface area (Å²) in [4.78, 5) is 12.2. The number of carbonyl (C=O) groups excluding carboxylic acids is 1. The number of nitrogens with one attached hydrogen (secondary N) is 1. The summed E-state index contributed by atoms with van der Waals surface area (Å²) in [5, 5.41) is 14.9. The number of nitrogens with zero attached hydrogens (tertiary/aromatic N) is 1. The first kappa shape index (κ1) is 15.4. The van der Waals surface area contributed by atoms with Crippen LogP contribution in [0.1, 0.15) is 36.0 Å². The molecule has 2 atom stereocenters. The number of oxime groups is 1. The van der Waals surface area contributed by atoms with Crippen molar-refractivity contribution in [1.82, 2.24) is 5.32 Å². The average Bonchev–Trinajstić information content (AvgIpc) is 2.90. The van der Waals surface area contributed by atoms with Crippen LogP contribution in [0.15, 0.2) is 23.4 Å². The Bertz CT molecular complexity index is 554. The van der Waals surface area contributed by atoms with E-state index in [2.05, 4.69) is 10.5 Å². The standard InChI is InChI=1S/C16H23N3O2/c1-10-6-7-11(2)12(8-10)9-15(20)18-14-5-3-4-13(14)16(17)19-21/h6-8,13-14,21H,3-5,9H2,1-2H3,(H2,17,19)(H,18,20). The Morgan fingerprint density at radius 3 is 2.90 bits per heavy atom. The quantitative estimate of drug-likeness (QED) is 0.342. The van der Waals surface area contributed by atoms with Crippen molar-refractivity contribution in [3.63, 3.8) is 0 Å². The van der Waals surface area contributed by atoms with Crippen LogP contribution >= 0.6 is 0 Å². The number of amidine groups is 1. The lowest BCUT2D eigenvalue weighted by Crippen LogP contribution is -2.43. The van der Waals surface area contributed by atoms with Crippen LogP contribution in [0, 0.1) is 19.8 Å². The summed E-state index contributed by atoms with van der Waals surface area (Å²) in [5.41, 5.74) is 9.01. The topological polar surface area (TPSA) is 87.7 Å². The molecule has 2 unspecified atom stereocenters. The molecule has 2 rings (SSSR count). The zero-order chi connectivity index (χ0) is 15.4. The largest absolute Gasteiger partial charge is 0.409 e. The van der Waals surface area contributed by atoms with Gasteiger partial charge in [-0.15, -0.1) is 0 Å². The van der Waals surface area contributed by atoms with E-state index >= 15 is 0 Å². The first-order chi connectivity index (χ1) is 10.0. The molecule has 5 heteroatoms.